The standard InChI is InChI=1S/C19H17BrClN3O3S/c1-28(26,27)23-18(25)10-5-14-12-24(17-8-6-15(20)7-9-17)22-19(14)13-3-2-4-16(21)11-13/h2-4,6-9,11-12H,5,10H2,1H3,(H,23,25). The largest absolute Gasteiger partial charge is 0.274 e. The first kappa shape index (κ1) is 20.6. The van der Waals surface area contributed by atoms with Crippen LogP contribution < -0.4 is 4.72 Å². The molecule has 3 aromatic rings. The van der Waals surface area contributed by atoms with E-state index in [0.717, 1.165) is 27.5 Å². The molecule has 3 rings (SSSR count). The van der Waals surface area contributed by atoms with Crippen molar-refractivity contribution in [2.24, 2.45) is 0 Å². The summed E-state index contributed by atoms with van der Waals surface area (Å²) in [5, 5.41) is 5.25. The number of aromatic nitrogens is 2. The summed E-state index contributed by atoms with van der Waals surface area (Å²) in [5.74, 6) is -0.559. The first-order chi connectivity index (χ1) is 13.2. The van der Waals surface area contributed by atoms with Gasteiger partial charge >= 0.3 is 0 Å². The Labute approximate surface area is 176 Å². The lowest BCUT2D eigenvalue weighted by atomic mass is 10.0. The molecule has 0 radical (unpaired) electrons. The fraction of sp³-hybridized carbons (Fsp3) is 0.158. The molecule has 0 unspecified atom stereocenters. The van der Waals surface area contributed by atoms with Crippen LogP contribution in [0.2, 0.25) is 5.02 Å². The van der Waals surface area contributed by atoms with Crippen LogP contribution in [0.3, 0.4) is 0 Å². The Hall–Kier alpha value is -2.16. The van der Waals surface area contributed by atoms with Gasteiger partial charge in [-0.1, -0.05) is 39.7 Å². The van der Waals surface area contributed by atoms with Crippen LogP contribution in [0, 0.1) is 0 Å². The van der Waals surface area contributed by atoms with Gasteiger partial charge in [0.05, 0.1) is 17.6 Å². The summed E-state index contributed by atoms with van der Waals surface area (Å²) >= 11 is 9.53. The minimum atomic E-state index is -3.58. The lowest BCUT2D eigenvalue weighted by molar-refractivity contribution is -0.119. The summed E-state index contributed by atoms with van der Waals surface area (Å²) in [6.07, 6.45) is 3.15. The summed E-state index contributed by atoms with van der Waals surface area (Å²) < 4.78 is 27.1. The van der Waals surface area contributed by atoms with Gasteiger partial charge < -0.3 is 0 Å². The average Bonchev–Trinajstić information content (AvgIpc) is 3.03. The van der Waals surface area contributed by atoms with Gasteiger partial charge in [0.1, 0.15) is 0 Å². The Balaban J connectivity index is 1.94. The van der Waals surface area contributed by atoms with Crippen molar-refractivity contribution in [3.8, 4) is 16.9 Å². The van der Waals surface area contributed by atoms with Crippen molar-refractivity contribution in [1.29, 1.82) is 0 Å². The van der Waals surface area contributed by atoms with E-state index in [1.165, 1.54) is 0 Å². The molecule has 0 atom stereocenters. The van der Waals surface area contributed by atoms with E-state index in [1.54, 1.807) is 16.8 Å². The Kier molecular flexibility index (Phi) is 6.22. The number of benzene rings is 2. The van der Waals surface area contributed by atoms with Crippen molar-refractivity contribution in [2.45, 2.75) is 12.8 Å². The van der Waals surface area contributed by atoms with Gasteiger partial charge in [0.2, 0.25) is 15.9 Å². The van der Waals surface area contributed by atoms with E-state index in [0.29, 0.717) is 17.1 Å². The Bertz CT molecular complexity index is 1110. The molecule has 6 nitrogen and oxygen atoms in total. The van der Waals surface area contributed by atoms with Gasteiger partial charge in [-0.05, 0) is 48.4 Å². The first-order valence-electron chi connectivity index (χ1n) is 8.32. The number of hydrogen-bond acceptors (Lipinski definition) is 4. The zero-order valence-electron chi connectivity index (χ0n) is 14.9. The average molecular weight is 483 g/mol. The van der Waals surface area contributed by atoms with Crippen molar-refractivity contribution in [1.82, 2.24) is 14.5 Å². The molecule has 0 aliphatic heterocycles. The van der Waals surface area contributed by atoms with E-state index in [4.69, 9.17) is 11.6 Å². The van der Waals surface area contributed by atoms with Crippen molar-refractivity contribution in [3.05, 3.63) is 69.8 Å². The number of carbonyl (C=O) groups is 1. The molecule has 1 N–H and O–H groups in total. The lowest BCUT2D eigenvalue weighted by Crippen LogP contribution is -2.29. The Morgan fingerprint density at radius 2 is 1.93 bits per heavy atom. The third kappa shape index (κ3) is 5.43. The Morgan fingerprint density at radius 1 is 1.21 bits per heavy atom. The highest BCUT2D eigenvalue weighted by atomic mass is 79.9. The normalized spacial score (nSPS) is 11.4. The zero-order chi connectivity index (χ0) is 20.3. The quantitative estimate of drug-likeness (QED) is 0.576. The van der Waals surface area contributed by atoms with Gasteiger partial charge in [-0.2, -0.15) is 5.10 Å². The SMILES string of the molecule is CS(=O)(=O)NC(=O)CCc1cn(-c2ccc(Br)cc2)nc1-c1cccc(Cl)c1. The monoisotopic (exact) mass is 481 g/mol. The molecule has 146 valence electrons. The number of aryl methyl sites for hydroxylation is 1. The maximum Gasteiger partial charge on any atom is 0.233 e. The summed E-state index contributed by atoms with van der Waals surface area (Å²) in [6, 6.07) is 14.9. The highest BCUT2D eigenvalue weighted by Crippen LogP contribution is 2.27. The molecule has 1 heterocycles. The molecule has 1 aromatic heterocycles. The zero-order valence-corrected chi connectivity index (χ0v) is 18.1. The lowest BCUT2D eigenvalue weighted by Gasteiger charge is -2.04. The summed E-state index contributed by atoms with van der Waals surface area (Å²) in [5.41, 5.74) is 3.19. The van der Waals surface area contributed by atoms with E-state index in [2.05, 4.69) is 21.0 Å². The fourth-order valence-electron chi connectivity index (χ4n) is 2.70. The van der Waals surface area contributed by atoms with Crippen LogP contribution in [0.4, 0.5) is 0 Å². The Morgan fingerprint density at radius 3 is 2.57 bits per heavy atom. The fourth-order valence-corrected chi connectivity index (χ4v) is 3.67. The number of nitrogens with one attached hydrogen (secondary N) is 1. The number of hydrogen-bond donors (Lipinski definition) is 1. The van der Waals surface area contributed by atoms with Gasteiger partial charge in [0.15, 0.2) is 0 Å². The number of sulfonamides is 1. The summed E-state index contributed by atoms with van der Waals surface area (Å²) in [4.78, 5) is 11.9. The van der Waals surface area contributed by atoms with Crippen molar-refractivity contribution in [2.75, 3.05) is 6.26 Å². The van der Waals surface area contributed by atoms with Gasteiger partial charge in [-0.25, -0.2) is 13.1 Å². The molecular weight excluding hydrogens is 466 g/mol. The van der Waals surface area contributed by atoms with Crippen LogP contribution in [-0.2, 0) is 21.2 Å². The second-order valence-corrected chi connectivity index (χ2v) is 9.33. The third-order valence-corrected chi connectivity index (χ3v) is 5.26. The van der Waals surface area contributed by atoms with Crippen molar-refractivity contribution in [3.63, 3.8) is 0 Å². The minimum Gasteiger partial charge on any atom is -0.274 e. The van der Waals surface area contributed by atoms with Gasteiger partial charge in [0, 0.05) is 27.7 Å². The maximum absolute atomic E-state index is 11.9. The predicted molar refractivity (Wildman–Crippen MR) is 113 cm³/mol. The topological polar surface area (TPSA) is 81.1 Å². The van der Waals surface area contributed by atoms with Gasteiger partial charge in [-0.15, -0.1) is 0 Å². The maximum atomic E-state index is 11.9. The van der Waals surface area contributed by atoms with Crippen LogP contribution >= 0.6 is 27.5 Å². The molecule has 0 aliphatic carbocycles. The third-order valence-electron chi connectivity index (χ3n) is 3.90. The number of carbonyl (C=O) groups excluding carboxylic acids is 1. The van der Waals surface area contributed by atoms with Crippen LogP contribution in [-0.4, -0.2) is 30.4 Å². The van der Waals surface area contributed by atoms with E-state index in [1.807, 2.05) is 47.3 Å². The van der Waals surface area contributed by atoms with Crippen LogP contribution in [0.15, 0.2) is 59.2 Å². The van der Waals surface area contributed by atoms with Gasteiger partial charge in [-0.3, -0.25) is 9.52 Å². The van der Waals surface area contributed by atoms with Crippen LogP contribution in [0.1, 0.15) is 12.0 Å². The molecule has 0 saturated carbocycles. The molecular formula is C19H17BrClN3O3S. The van der Waals surface area contributed by atoms with Crippen molar-refractivity contribution >= 4 is 43.5 Å². The molecule has 0 spiro atoms. The molecule has 0 bridgehead atoms. The van der Waals surface area contributed by atoms with Crippen LogP contribution in [0.25, 0.3) is 16.9 Å². The van der Waals surface area contributed by atoms with E-state index < -0.39 is 15.9 Å². The molecule has 9 heteroatoms. The molecule has 0 aliphatic rings. The highest BCUT2D eigenvalue weighted by Gasteiger charge is 2.15. The molecule has 2 aromatic carbocycles. The first-order valence-corrected chi connectivity index (χ1v) is 11.4. The van der Waals surface area contributed by atoms with Gasteiger partial charge in [0.25, 0.3) is 0 Å². The predicted octanol–water partition coefficient (Wildman–Crippen LogP) is 3.96. The smallest absolute Gasteiger partial charge is 0.233 e. The highest BCUT2D eigenvalue weighted by molar-refractivity contribution is 9.10. The number of amides is 1. The molecule has 0 fully saturated rings. The molecule has 0 saturated heterocycles. The molecule has 28 heavy (non-hydrogen) atoms. The summed E-state index contributed by atoms with van der Waals surface area (Å²) in [6.45, 7) is 0. The summed E-state index contributed by atoms with van der Waals surface area (Å²) in [7, 11) is -3.58. The number of rotatable bonds is 6. The molecule has 1 amide bonds. The van der Waals surface area contributed by atoms with E-state index in [9.17, 15) is 13.2 Å². The second kappa shape index (κ2) is 8.46. The van der Waals surface area contributed by atoms with E-state index in [-0.39, 0.29) is 6.42 Å². The number of nitrogens with zero attached hydrogens (tertiary/aromatic N) is 2. The minimum absolute atomic E-state index is 0.0205. The van der Waals surface area contributed by atoms with Crippen LogP contribution in [0.5, 0.6) is 0 Å². The van der Waals surface area contributed by atoms with E-state index >= 15 is 0 Å². The number of halogens is 2. The second-order valence-electron chi connectivity index (χ2n) is 6.23. The van der Waals surface area contributed by atoms with Crippen molar-refractivity contribution < 1.29 is 13.2 Å².